The van der Waals surface area contributed by atoms with Crippen molar-refractivity contribution >= 4 is 58.8 Å². The van der Waals surface area contributed by atoms with E-state index in [0.29, 0.717) is 12.2 Å². The van der Waals surface area contributed by atoms with Gasteiger partial charge in [-0.25, -0.2) is 0 Å². The molecule has 0 saturated heterocycles. The van der Waals surface area contributed by atoms with E-state index in [0.717, 1.165) is 11.8 Å². The summed E-state index contributed by atoms with van der Waals surface area (Å²) in [5, 5.41) is 65.5. The van der Waals surface area contributed by atoms with Gasteiger partial charge in [0.25, 0.3) is 5.91 Å². The molecular formula is C25H43N3O12S2. The molecule has 15 nitrogen and oxygen atoms in total. The Bertz CT molecular complexity index is 825. The molecule has 0 aromatic carbocycles. The third-order valence-corrected chi connectivity index (χ3v) is 8.24. The standard InChI is InChI=1S/C25H43N3O12S2/c1-3-14(24(37)38)10-41-11-15(29)6-4-9-28-23(36)22(35)21(34)20(33)19(32)17(30)7-5-8-27-18(31)13-42-12-16(26-2)25(39)40/h14,16,19-22,26,32-35H,3-13H2,1-2H3,(H,27,31)(H,28,36)(H,37,38)(H,39,40)/t14?,16?,19-,20+,21+,22-/m0/s1. The number of aliphatic hydroxyl groups is 4. The minimum Gasteiger partial charge on any atom is -0.481 e. The topological polar surface area (TPSA) is 260 Å². The van der Waals surface area contributed by atoms with Crippen LogP contribution < -0.4 is 16.0 Å². The first-order valence-corrected chi connectivity index (χ1v) is 15.7. The average Bonchev–Trinajstić information content (AvgIpc) is 2.95. The number of aliphatic hydroxyl groups excluding tert-OH is 4. The first-order valence-electron chi connectivity index (χ1n) is 13.4. The smallest absolute Gasteiger partial charge is 0.321 e. The highest BCUT2D eigenvalue weighted by Gasteiger charge is 2.37. The molecule has 0 aliphatic carbocycles. The van der Waals surface area contributed by atoms with Gasteiger partial charge in [-0.2, -0.15) is 11.8 Å². The van der Waals surface area contributed by atoms with Gasteiger partial charge in [0.1, 0.15) is 30.1 Å². The molecule has 0 bridgehead atoms. The number of thioether (sulfide) groups is 2. The molecule has 2 unspecified atom stereocenters. The number of aliphatic carboxylic acids is 2. The highest BCUT2D eigenvalue weighted by atomic mass is 32.2. The van der Waals surface area contributed by atoms with E-state index in [-0.39, 0.29) is 67.7 Å². The lowest BCUT2D eigenvalue weighted by molar-refractivity contribution is -0.154. The van der Waals surface area contributed by atoms with Crippen LogP contribution >= 0.6 is 23.5 Å². The molecular weight excluding hydrogens is 598 g/mol. The van der Waals surface area contributed by atoms with Crippen LogP contribution in [0.2, 0.25) is 0 Å². The lowest BCUT2D eigenvalue weighted by Crippen LogP contribution is -2.52. The molecule has 0 radical (unpaired) electrons. The van der Waals surface area contributed by atoms with E-state index in [1.807, 2.05) is 0 Å². The summed E-state index contributed by atoms with van der Waals surface area (Å²) in [4.78, 5) is 69.9. The molecule has 0 aromatic heterocycles. The average molecular weight is 642 g/mol. The van der Waals surface area contributed by atoms with Crippen LogP contribution in [-0.2, 0) is 28.8 Å². The van der Waals surface area contributed by atoms with Crippen molar-refractivity contribution in [2.24, 2.45) is 5.92 Å². The molecule has 242 valence electrons. The highest BCUT2D eigenvalue weighted by Crippen LogP contribution is 2.13. The number of hydrogen-bond acceptors (Lipinski definition) is 13. The Balaban J connectivity index is 4.29. The van der Waals surface area contributed by atoms with Gasteiger partial charge in [0.2, 0.25) is 5.91 Å². The largest absolute Gasteiger partial charge is 0.481 e. The van der Waals surface area contributed by atoms with Crippen LogP contribution in [-0.4, -0.2) is 140 Å². The second-order valence-corrected chi connectivity index (χ2v) is 11.4. The molecule has 17 heteroatoms. The number of amides is 2. The predicted molar refractivity (Wildman–Crippen MR) is 155 cm³/mol. The van der Waals surface area contributed by atoms with E-state index in [4.69, 9.17) is 10.2 Å². The number of Topliss-reactive ketones (excluding diaryl/α,β-unsaturated/α-hetero) is 2. The number of carboxylic acids is 2. The van der Waals surface area contributed by atoms with Crippen molar-refractivity contribution in [2.45, 2.75) is 69.5 Å². The Morgan fingerprint density at radius 2 is 1.31 bits per heavy atom. The molecule has 9 N–H and O–H groups in total. The third kappa shape index (κ3) is 16.4. The molecule has 0 heterocycles. The van der Waals surface area contributed by atoms with E-state index in [2.05, 4.69) is 16.0 Å². The molecule has 0 saturated carbocycles. The number of carbonyl (C=O) groups is 6. The van der Waals surface area contributed by atoms with Crippen LogP contribution in [0.4, 0.5) is 0 Å². The maximum atomic E-state index is 12.2. The number of carboxylic acid groups (broad SMARTS) is 2. The maximum Gasteiger partial charge on any atom is 0.321 e. The fourth-order valence-corrected chi connectivity index (χ4v) is 5.41. The van der Waals surface area contributed by atoms with E-state index >= 15 is 0 Å². The lowest BCUT2D eigenvalue weighted by Gasteiger charge is -2.25. The van der Waals surface area contributed by atoms with Crippen molar-refractivity contribution in [3.63, 3.8) is 0 Å². The summed E-state index contributed by atoms with van der Waals surface area (Å²) in [5.74, 6) is -4.41. The Kier molecular flexibility index (Phi) is 21.1. The first-order chi connectivity index (χ1) is 19.8. The highest BCUT2D eigenvalue weighted by molar-refractivity contribution is 8.00. The molecule has 0 aromatic rings. The summed E-state index contributed by atoms with van der Waals surface area (Å²) in [6.45, 7) is 1.76. The summed E-state index contributed by atoms with van der Waals surface area (Å²) in [6.07, 6.45) is -8.09. The number of carbonyl (C=O) groups excluding carboxylic acids is 4. The van der Waals surface area contributed by atoms with Gasteiger partial charge in [-0.05, 0) is 26.3 Å². The van der Waals surface area contributed by atoms with E-state index < -0.39 is 60.0 Å². The molecule has 6 atom stereocenters. The van der Waals surface area contributed by atoms with Gasteiger partial charge in [-0.15, -0.1) is 11.8 Å². The van der Waals surface area contributed by atoms with Crippen LogP contribution in [0.15, 0.2) is 0 Å². The first kappa shape index (κ1) is 39.7. The van der Waals surface area contributed by atoms with E-state index in [1.165, 1.54) is 18.8 Å². The zero-order valence-electron chi connectivity index (χ0n) is 23.7. The van der Waals surface area contributed by atoms with Gasteiger partial charge in [0.15, 0.2) is 11.9 Å². The van der Waals surface area contributed by atoms with Crippen LogP contribution in [0.3, 0.4) is 0 Å². The van der Waals surface area contributed by atoms with Gasteiger partial charge in [-0.3, -0.25) is 28.8 Å². The predicted octanol–water partition coefficient (Wildman–Crippen LogP) is -2.39. The van der Waals surface area contributed by atoms with Crippen molar-refractivity contribution in [3.05, 3.63) is 0 Å². The van der Waals surface area contributed by atoms with Gasteiger partial charge in [0, 0.05) is 37.4 Å². The Labute approximate surface area is 252 Å². The minimum absolute atomic E-state index is 0.00368. The fourth-order valence-electron chi connectivity index (χ4n) is 3.31. The summed E-state index contributed by atoms with van der Waals surface area (Å²) >= 11 is 2.31. The number of likely N-dealkylation sites (N-methyl/N-ethyl adjacent to an activating group) is 1. The van der Waals surface area contributed by atoms with Gasteiger partial charge >= 0.3 is 11.9 Å². The fraction of sp³-hybridized carbons (Fsp3) is 0.760. The number of rotatable bonds is 25. The molecule has 0 aliphatic rings. The number of nitrogens with one attached hydrogen (secondary N) is 3. The van der Waals surface area contributed by atoms with E-state index in [1.54, 1.807) is 6.92 Å². The Hall–Kier alpha value is -2.28. The van der Waals surface area contributed by atoms with Gasteiger partial charge < -0.3 is 46.6 Å². The molecule has 2 amide bonds. The molecule has 0 spiro atoms. The molecule has 0 fully saturated rings. The second-order valence-electron chi connectivity index (χ2n) is 9.38. The second kappa shape index (κ2) is 22.3. The maximum absolute atomic E-state index is 12.2. The van der Waals surface area contributed by atoms with Crippen LogP contribution in [0.1, 0.15) is 39.0 Å². The van der Waals surface area contributed by atoms with Crippen LogP contribution in [0, 0.1) is 5.92 Å². The quantitative estimate of drug-likeness (QED) is 0.0471. The summed E-state index contributed by atoms with van der Waals surface area (Å²) in [7, 11) is 1.49. The Morgan fingerprint density at radius 1 is 0.738 bits per heavy atom. The monoisotopic (exact) mass is 641 g/mol. The third-order valence-electron chi connectivity index (χ3n) is 6.04. The van der Waals surface area contributed by atoms with Crippen molar-refractivity contribution < 1.29 is 59.4 Å². The number of hydrogen-bond donors (Lipinski definition) is 9. The van der Waals surface area contributed by atoms with Gasteiger partial charge in [-0.1, -0.05) is 6.92 Å². The zero-order chi connectivity index (χ0) is 32.2. The van der Waals surface area contributed by atoms with Crippen molar-refractivity contribution in [3.8, 4) is 0 Å². The van der Waals surface area contributed by atoms with Crippen LogP contribution in [0.5, 0.6) is 0 Å². The summed E-state index contributed by atoms with van der Waals surface area (Å²) < 4.78 is 0. The van der Waals surface area contributed by atoms with Crippen molar-refractivity contribution in [2.75, 3.05) is 43.1 Å². The molecule has 42 heavy (non-hydrogen) atoms. The summed E-state index contributed by atoms with van der Waals surface area (Å²) in [6, 6.07) is -0.800. The molecule has 0 aliphatic heterocycles. The summed E-state index contributed by atoms with van der Waals surface area (Å²) in [5.41, 5.74) is 0. The van der Waals surface area contributed by atoms with Crippen LogP contribution in [0.25, 0.3) is 0 Å². The van der Waals surface area contributed by atoms with Gasteiger partial charge in [0.05, 0.1) is 17.4 Å². The SMILES string of the molecule is CCC(CSCC(=O)CCCNC(=O)[C@@H](O)[C@H](O)[C@H](O)[C@@H](O)C(=O)CCCNC(=O)CSCC(NC)C(=O)O)C(=O)O. The van der Waals surface area contributed by atoms with Crippen molar-refractivity contribution in [1.82, 2.24) is 16.0 Å². The minimum atomic E-state index is -2.19. The zero-order valence-corrected chi connectivity index (χ0v) is 25.3. The lowest BCUT2D eigenvalue weighted by atomic mass is 9.97. The molecule has 0 rings (SSSR count). The number of ketones is 2. The van der Waals surface area contributed by atoms with E-state index in [9.17, 15) is 49.2 Å². The normalized spacial score (nSPS) is 15.5. The Morgan fingerprint density at radius 3 is 1.88 bits per heavy atom. The van der Waals surface area contributed by atoms with Crippen molar-refractivity contribution in [1.29, 1.82) is 0 Å².